The second-order valence-electron chi connectivity index (χ2n) is 4.96. The average Bonchev–Trinajstić information content (AvgIpc) is 2.21. The first-order chi connectivity index (χ1) is 7.69. The van der Waals surface area contributed by atoms with Gasteiger partial charge in [-0.2, -0.15) is 17.4 Å². The van der Waals surface area contributed by atoms with Gasteiger partial charge in [-0.25, -0.2) is 0 Å². The molecular weight excluding hydrogens is 244 g/mol. The molecule has 0 radical (unpaired) electrons. The van der Waals surface area contributed by atoms with E-state index >= 15 is 0 Å². The zero-order valence-corrected chi connectivity index (χ0v) is 11.2. The minimum absolute atomic E-state index is 0.344. The maximum absolute atomic E-state index is 11.7. The van der Waals surface area contributed by atoms with Gasteiger partial charge in [0.1, 0.15) is 5.54 Å². The molecule has 7 heteroatoms. The van der Waals surface area contributed by atoms with Crippen LogP contribution in [-0.2, 0) is 15.0 Å². The molecule has 0 aromatic rings. The Morgan fingerprint density at radius 2 is 1.82 bits per heavy atom. The predicted molar refractivity (Wildman–Crippen MR) is 63.7 cm³/mol. The van der Waals surface area contributed by atoms with Crippen molar-refractivity contribution in [3.8, 4) is 0 Å². The van der Waals surface area contributed by atoms with Crippen molar-refractivity contribution in [2.45, 2.75) is 38.1 Å². The molecule has 1 aliphatic rings. The maximum Gasteiger partial charge on any atom is 0.324 e. The highest BCUT2D eigenvalue weighted by Crippen LogP contribution is 2.32. The Bertz CT molecular complexity index is 383. The highest BCUT2D eigenvalue weighted by Gasteiger charge is 2.44. The predicted octanol–water partition coefficient (Wildman–Crippen LogP) is 0.416. The fraction of sp³-hybridized carbons (Fsp3) is 0.900. The monoisotopic (exact) mass is 264 g/mol. The summed E-state index contributed by atoms with van der Waals surface area (Å²) in [5.41, 5.74) is -1.34. The summed E-state index contributed by atoms with van der Waals surface area (Å²) in [6, 6.07) is 0. The number of rotatable bonds is 4. The van der Waals surface area contributed by atoms with Crippen LogP contribution in [-0.4, -0.2) is 43.4 Å². The molecule has 0 aliphatic heterocycles. The normalized spacial score (nSPS) is 30.5. The Kier molecular flexibility index (Phi) is 4.16. The van der Waals surface area contributed by atoms with E-state index in [0.717, 1.165) is 17.1 Å². The lowest BCUT2D eigenvalue weighted by atomic mass is 9.78. The Morgan fingerprint density at radius 1 is 1.35 bits per heavy atom. The molecule has 1 rings (SSSR count). The fourth-order valence-corrected chi connectivity index (χ4v) is 2.92. The number of aliphatic carboxylic acids is 1. The molecular formula is C10H20N2O4S. The third-order valence-corrected chi connectivity index (χ3v) is 4.95. The Balaban J connectivity index is 2.92. The van der Waals surface area contributed by atoms with Gasteiger partial charge in [-0.05, 0) is 31.6 Å². The van der Waals surface area contributed by atoms with Crippen LogP contribution in [0, 0.1) is 5.92 Å². The number of nitrogens with zero attached hydrogens (tertiary/aromatic N) is 1. The lowest BCUT2D eigenvalue weighted by molar-refractivity contribution is -0.145. The van der Waals surface area contributed by atoms with Crippen LogP contribution in [0.4, 0.5) is 0 Å². The Morgan fingerprint density at radius 3 is 2.18 bits per heavy atom. The number of hydrogen-bond donors (Lipinski definition) is 2. The van der Waals surface area contributed by atoms with Crippen molar-refractivity contribution in [1.29, 1.82) is 0 Å². The molecule has 1 saturated carbocycles. The lowest BCUT2D eigenvalue weighted by Crippen LogP contribution is -2.58. The van der Waals surface area contributed by atoms with E-state index in [9.17, 15) is 18.3 Å². The maximum atomic E-state index is 11.7. The fourth-order valence-electron chi connectivity index (χ4n) is 1.95. The first kappa shape index (κ1) is 14.4. The third-order valence-electron chi connectivity index (χ3n) is 3.34. The van der Waals surface area contributed by atoms with E-state index in [1.165, 1.54) is 14.1 Å². The molecule has 0 amide bonds. The van der Waals surface area contributed by atoms with E-state index in [2.05, 4.69) is 4.72 Å². The van der Waals surface area contributed by atoms with E-state index in [1.54, 1.807) is 0 Å². The van der Waals surface area contributed by atoms with Gasteiger partial charge >= 0.3 is 5.97 Å². The largest absolute Gasteiger partial charge is 0.480 e. The SMILES string of the molecule is CC1CCC(NS(=O)(=O)N(C)C)(C(=O)O)CC1. The van der Waals surface area contributed by atoms with Gasteiger partial charge < -0.3 is 5.11 Å². The summed E-state index contributed by atoms with van der Waals surface area (Å²) in [6.07, 6.45) is 2.14. The molecule has 6 nitrogen and oxygen atoms in total. The highest BCUT2D eigenvalue weighted by atomic mass is 32.2. The number of carboxylic acids is 1. The molecule has 17 heavy (non-hydrogen) atoms. The summed E-state index contributed by atoms with van der Waals surface area (Å²) in [5.74, 6) is -0.638. The van der Waals surface area contributed by atoms with Gasteiger partial charge in [0.05, 0.1) is 0 Å². The van der Waals surface area contributed by atoms with Crippen LogP contribution in [0.2, 0.25) is 0 Å². The van der Waals surface area contributed by atoms with E-state index in [0.29, 0.717) is 18.8 Å². The Hall–Kier alpha value is -0.660. The Labute approximate surface area is 102 Å². The van der Waals surface area contributed by atoms with Crippen molar-refractivity contribution in [1.82, 2.24) is 9.03 Å². The molecule has 2 N–H and O–H groups in total. The second kappa shape index (κ2) is 4.91. The molecule has 0 aromatic heterocycles. The van der Waals surface area contributed by atoms with Gasteiger partial charge in [0.2, 0.25) is 0 Å². The summed E-state index contributed by atoms with van der Waals surface area (Å²) in [5, 5.41) is 9.27. The summed E-state index contributed by atoms with van der Waals surface area (Å²) in [7, 11) is -0.960. The highest BCUT2D eigenvalue weighted by molar-refractivity contribution is 7.87. The van der Waals surface area contributed by atoms with Crippen LogP contribution < -0.4 is 4.72 Å². The van der Waals surface area contributed by atoms with E-state index < -0.39 is 21.7 Å². The summed E-state index contributed by atoms with van der Waals surface area (Å²) >= 11 is 0. The third kappa shape index (κ3) is 3.17. The number of nitrogens with one attached hydrogen (secondary N) is 1. The lowest BCUT2D eigenvalue weighted by Gasteiger charge is -2.36. The molecule has 1 fully saturated rings. The smallest absolute Gasteiger partial charge is 0.324 e. The first-order valence-corrected chi connectivity index (χ1v) is 7.08. The van der Waals surface area contributed by atoms with Crippen molar-refractivity contribution >= 4 is 16.2 Å². The van der Waals surface area contributed by atoms with Crippen molar-refractivity contribution < 1.29 is 18.3 Å². The van der Waals surface area contributed by atoms with Crippen LogP contribution in [0.3, 0.4) is 0 Å². The minimum atomic E-state index is -3.72. The van der Waals surface area contributed by atoms with Crippen molar-refractivity contribution in [2.24, 2.45) is 5.92 Å². The number of hydrogen-bond acceptors (Lipinski definition) is 3. The zero-order valence-electron chi connectivity index (χ0n) is 10.4. The molecule has 0 atom stereocenters. The van der Waals surface area contributed by atoms with E-state index in [1.807, 2.05) is 6.92 Å². The molecule has 0 bridgehead atoms. The van der Waals surface area contributed by atoms with Crippen molar-refractivity contribution in [2.75, 3.05) is 14.1 Å². The van der Waals surface area contributed by atoms with Crippen LogP contribution in [0.25, 0.3) is 0 Å². The molecule has 0 saturated heterocycles. The molecule has 100 valence electrons. The average molecular weight is 264 g/mol. The van der Waals surface area contributed by atoms with Gasteiger partial charge in [-0.1, -0.05) is 6.92 Å². The standard InChI is InChI=1S/C10H20N2O4S/c1-8-4-6-10(7-5-8,9(13)14)11-17(15,16)12(2)3/h8,11H,4-7H2,1-3H3,(H,13,14). The topological polar surface area (TPSA) is 86.7 Å². The summed E-state index contributed by atoms with van der Waals surface area (Å²) in [6.45, 7) is 2.05. The van der Waals surface area contributed by atoms with Gasteiger partial charge in [-0.15, -0.1) is 0 Å². The summed E-state index contributed by atoms with van der Waals surface area (Å²) in [4.78, 5) is 11.3. The molecule has 0 unspecified atom stereocenters. The van der Waals surface area contributed by atoms with Gasteiger partial charge in [0.15, 0.2) is 0 Å². The number of carbonyl (C=O) groups is 1. The summed E-state index contributed by atoms with van der Waals surface area (Å²) < 4.78 is 26.8. The zero-order chi connectivity index (χ0) is 13.3. The molecule has 1 aliphatic carbocycles. The minimum Gasteiger partial charge on any atom is -0.480 e. The van der Waals surface area contributed by atoms with Crippen molar-refractivity contribution in [3.05, 3.63) is 0 Å². The van der Waals surface area contributed by atoms with Gasteiger partial charge in [0, 0.05) is 14.1 Å². The van der Waals surface area contributed by atoms with Crippen LogP contribution in [0.15, 0.2) is 0 Å². The second-order valence-corrected chi connectivity index (χ2v) is 6.84. The molecule has 0 aromatic carbocycles. The van der Waals surface area contributed by atoms with E-state index in [-0.39, 0.29) is 0 Å². The van der Waals surface area contributed by atoms with E-state index in [4.69, 9.17) is 0 Å². The van der Waals surface area contributed by atoms with Crippen molar-refractivity contribution in [3.63, 3.8) is 0 Å². The van der Waals surface area contributed by atoms with Gasteiger partial charge in [0.25, 0.3) is 10.2 Å². The first-order valence-electron chi connectivity index (χ1n) is 5.64. The van der Waals surface area contributed by atoms with Crippen LogP contribution in [0.1, 0.15) is 32.6 Å². The quantitative estimate of drug-likeness (QED) is 0.770. The van der Waals surface area contributed by atoms with Crippen LogP contribution in [0.5, 0.6) is 0 Å². The number of carboxylic acid groups (broad SMARTS) is 1. The molecule has 0 heterocycles. The van der Waals surface area contributed by atoms with Crippen LogP contribution >= 0.6 is 0 Å². The molecule has 0 spiro atoms. The van der Waals surface area contributed by atoms with Gasteiger partial charge in [-0.3, -0.25) is 4.79 Å².